The molecule has 7 rings (SSSR count). The second-order valence-corrected chi connectivity index (χ2v) is 13.8. The second-order valence-electron chi connectivity index (χ2n) is 7.73. The van der Waals surface area contributed by atoms with Gasteiger partial charge in [-0.1, -0.05) is 18.2 Å². The number of aromatic nitrogens is 3. The molecule has 0 aliphatic heterocycles. The first-order valence-electron chi connectivity index (χ1n) is 11.0. The van der Waals surface area contributed by atoms with Crippen LogP contribution in [0, 0.1) is 0 Å². The fraction of sp³-hybridized carbons (Fsp3) is 0. The van der Waals surface area contributed by atoms with Crippen LogP contribution in [0.1, 0.15) is 0 Å². The smallest absolute Gasteiger partial charge is 0.174 e. The first-order valence-corrected chi connectivity index (χ1v) is 16.1. The lowest BCUT2D eigenvalue weighted by atomic mass is 10.3. The molecule has 0 aliphatic carbocycles. The van der Waals surface area contributed by atoms with E-state index in [9.17, 15) is 0 Å². The van der Waals surface area contributed by atoms with E-state index >= 15 is 0 Å². The molecule has 0 N–H and O–H groups in total. The third-order valence-corrected chi connectivity index (χ3v) is 11.8. The average Bonchev–Trinajstić information content (AvgIpc) is 3.77. The Morgan fingerprint density at radius 3 is 0.917 bits per heavy atom. The zero-order chi connectivity index (χ0) is 23.9. The Kier molecular flexibility index (Phi) is 5.97. The van der Waals surface area contributed by atoms with Crippen molar-refractivity contribution in [3.63, 3.8) is 0 Å². The van der Waals surface area contributed by atoms with E-state index in [1.54, 1.807) is 68.0 Å². The Bertz CT molecular complexity index is 1520. The number of hydrogen-bond donors (Lipinski definition) is 0. The molecule has 0 spiro atoms. The van der Waals surface area contributed by atoms with Crippen molar-refractivity contribution in [2.75, 3.05) is 0 Å². The third kappa shape index (κ3) is 4.32. The molecule has 0 atom stereocenters. The average molecular weight is 574 g/mol. The van der Waals surface area contributed by atoms with Crippen molar-refractivity contribution in [1.29, 1.82) is 0 Å². The molecule has 7 aromatic rings. The number of thiophene rings is 6. The molecule has 0 unspecified atom stereocenters. The molecular weight excluding hydrogens is 559 g/mol. The van der Waals surface area contributed by atoms with E-state index in [4.69, 9.17) is 15.0 Å². The number of rotatable bonds is 6. The second kappa shape index (κ2) is 9.59. The van der Waals surface area contributed by atoms with Crippen LogP contribution in [0.15, 0.2) is 88.9 Å². The Morgan fingerprint density at radius 1 is 0.333 bits per heavy atom. The highest BCUT2D eigenvalue weighted by atomic mass is 32.1. The van der Waals surface area contributed by atoms with Gasteiger partial charge >= 0.3 is 0 Å². The molecule has 0 bridgehead atoms. The van der Waals surface area contributed by atoms with Crippen LogP contribution in [-0.4, -0.2) is 15.0 Å². The molecule has 0 saturated carbocycles. The van der Waals surface area contributed by atoms with E-state index in [0.717, 1.165) is 32.1 Å². The molecule has 174 valence electrons. The lowest BCUT2D eigenvalue weighted by molar-refractivity contribution is 1.09. The van der Waals surface area contributed by atoms with Crippen molar-refractivity contribution >= 4 is 68.0 Å². The Hall–Kier alpha value is -2.79. The maximum Gasteiger partial charge on any atom is 0.174 e. The van der Waals surface area contributed by atoms with Crippen molar-refractivity contribution < 1.29 is 0 Å². The van der Waals surface area contributed by atoms with Gasteiger partial charge in [0.15, 0.2) is 17.5 Å². The van der Waals surface area contributed by atoms with E-state index in [0.29, 0.717) is 0 Å². The molecule has 3 nitrogen and oxygen atoms in total. The summed E-state index contributed by atoms with van der Waals surface area (Å²) in [6.07, 6.45) is 0. The molecule has 7 heterocycles. The van der Waals surface area contributed by atoms with Crippen LogP contribution < -0.4 is 0 Å². The zero-order valence-corrected chi connectivity index (χ0v) is 23.4. The Labute approximate surface area is 231 Å². The summed E-state index contributed by atoms with van der Waals surface area (Å²) in [4.78, 5) is 25.5. The van der Waals surface area contributed by atoms with Gasteiger partial charge in [0.1, 0.15) is 0 Å². The maximum atomic E-state index is 4.96. The molecule has 9 heteroatoms. The minimum Gasteiger partial charge on any atom is -0.206 e. The third-order valence-electron chi connectivity index (χ3n) is 5.41. The largest absolute Gasteiger partial charge is 0.206 e. The van der Waals surface area contributed by atoms with Crippen LogP contribution in [0.25, 0.3) is 61.4 Å². The summed E-state index contributed by atoms with van der Waals surface area (Å²) in [5, 5.41) is 6.33. The summed E-state index contributed by atoms with van der Waals surface area (Å²) in [5.41, 5.74) is 0. The lowest BCUT2D eigenvalue weighted by Crippen LogP contribution is -1.97. The van der Waals surface area contributed by atoms with Gasteiger partial charge < -0.3 is 0 Å². The molecule has 7 aromatic heterocycles. The highest BCUT2D eigenvalue weighted by Gasteiger charge is 2.17. The van der Waals surface area contributed by atoms with Gasteiger partial charge in [-0.2, -0.15) is 0 Å². The normalized spacial score (nSPS) is 11.3. The minimum atomic E-state index is 0.722. The molecule has 0 aromatic carbocycles. The quantitative estimate of drug-likeness (QED) is 0.199. The standard InChI is InChI=1S/C27H15N3S6/c1-4-16(31-13-1)19-7-10-22(34-19)25-28-26(23-11-8-20(35-23)17-5-2-14-32-17)30-27(29-25)24-12-9-21(36-24)18-6-3-15-33-18/h1-15H. The SMILES string of the molecule is c1csc(-c2ccc(-c3nc(-c4ccc(-c5cccs5)s4)nc(-c4ccc(-c5cccs5)s4)n3)s2)c1. The van der Waals surface area contributed by atoms with Crippen molar-refractivity contribution in [3.05, 3.63) is 88.9 Å². The fourth-order valence-electron chi connectivity index (χ4n) is 3.73. The van der Waals surface area contributed by atoms with Gasteiger partial charge in [-0.15, -0.1) is 68.0 Å². The van der Waals surface area contributed by atoms with Crippen molar-refractivity contribution in [3.8, 4) is 61.4 Å². The minimum absolute atomic E-state index is 0.722. The summed E-state index contributed by atoms with van der Waals surface area (Å²) in [6.45, 7) is 0. The lowest BCUT2D eigenvalue weighted by Gasteiger charge is -2.04. The molecule has 0 saturated heterocycles. The molecule has 0 amide bonds. The van der Waals surface area contributed by atoms with E-state index in [-0.39, 0.29) is 0 Å². The van der Waals surface area contributed by atoms with Gasteiger partial charge in [0, 0.05) is 29.3 Å². The summed E-state index contributed by atoms with van der Waals surface area (Å²) < 4.78 is 0. The molecule has 0 radical (unpaired) electrons. The van der Waals surface area contributed by atoms with Crippen LogP contribution >= 0.6 is 68.0 Å². The van der Waals surface area contributed by atoms with E-state index in [1.807, 2.05) is 0 Å². The zero-order valence-electron chi connectivity index (χ0n) is 18.5. The first-order chi connectivity index (χ1) is 17.8. The van der Waals surface area contributed by atoms with Crippen molar-refractivity contribution in [2.24, 2.45) is 0 Å². The maximum absolute atomic E-state index is 4.96. The monoisotopic (exact) mass is 573 g/mol. The van der Waals surface area contributed by atoms with Gasteiger partial charge in [0.25, 0.3) is 0 Å². The summed E-state index contributed by atoms with van der Waals surface area (Å²) in [6, 6.07) is 25.6. The predicted octanol–water partition coefficient (Wildman–Crippen LogP) is 10.2. The molecule has 0 fully saturated rings. The Morgan fingerprint density at radius 2 is 0.639 bits per heavy atom. The molecular formula is C27H15N3S6. The number of nitrogens with zero attached hydrogens (tertiary/aromatic N) is 3. The van der Waals surface area contributed by atoms with Gasteiger partial charge in [-0.3, -0.25) is 0 Å². The van der Waals surface area contributed by atoms with Crippen molar-refractivity contribution in [2.45, 2.75) is 0 Å². The van der Waals surface area contributed by atoms with Crippen LogP contribution in [0.4, 0.5) is 0 Å². The van der Waals surface area contributed by atoms with E-state index < -0.39 is 0 Å². The van der Waals surface area contributed by atoms with Gasteiger partial charge in [0.2, 0.25) is 0 Å². The van der Waals surface area contributed by atoms with Crippen LogP contribution in [-0.2, 0) is 0 Å². The molecule has 0 aliphatic rings. The number of hydrogen-bond acceptors (Lipinski definition) is 9. The van der Waals surface area contributed by atoms with Crippen LogP contribution in [0.5, 0.6) is 0 Å². The summed E-state index contributed by atoms with van der Waals surface area (Å²) in [7, 11) is 0. The summed E-state index contributed by atoms with van der Waals surface area (Å²) >= 11 is 10.4. The van der Waals surface area contributed by atoms with Gasteiger partial charge in [-0.05, 0) is 70.7 Å². The highest BCUT2D eigenvalue weighted by Crippen LogP contribution is 2.40. The summed E-state index contributed by atoms with van der Waals surface area (Å²) in [5.74, 6) is 2.17. The molecule has 36 heavy (non-hydrogen) atoms. The highest BCUT2D eigenvalue weighted by molar-refractivity contribution is 7.24. The van der Waals surface area contributed by atoms with E-state index in [2.05, 4.69) is 88.9 Å². The van der Waals surface area contributed by atoms with Crippen molar-refractivity contribution in [1.82, 2.24) is 15.0 Å². The van der Waals surface area contributed by atoms with Crippen LogP contribution in [0.3, 0.4) is 0 Å². The predicted molar refractivity (Wildman–Crippen MR) is 160 cm³/mol. The van der Waals surface area contributed by atoms with Gasteiger partial charge in [0.05, 0.1) is 14.6 Å². The van der Waals surface area contributed by atoms with Crippen LogP contribution in [0.2, 0.25) is 0 Å². The topological polar surface area (TPSA) is 38.7 Å². The van der Waals surface area contributed by atoms with Gasteiger partial charge in [-0.25, -0.2) is 15.0 Å². The van der Waals surface area contributed by atoms with E-state index in [1.165, 1.54) is 29.3 Å². The fourth-order valence-corrected chi connectivity index (χ4v) is 9.06. The first kappa shape index (κ1) is 22.4. The Balaban J connectivity index is 1.34.